The number of allylic oxidation sites excluding steroid dienone is 10. The third-order valence-corrected chi connectivity index (χ3v) is 13.6. The second-order valence-electron chi connectivity index (χ2n) is 16.8. The van der Waals surface area contributed by atoms with Crippen LogP contribution < -0.4 is 0 Å². The molecule has 0 amide bonds. The molecule has 4 heterocycles. The van der Waals surface area contributed by atoms with Crippen molar-refractivity contribution >= 4 is 45.3 Å². The number of hydrogen-bond donors (Lipinski definition) is 0. The van der Waals surface area contributed by atoms with Gasteiger partial charge in [0, 0.05) is 73.2 Å². The Labute approximate surface area is 342 Å². The van der Waals surface area contributed by atoms with Gasteiger partial charge in [0.1, 0.15) is 29.3 Å². The van der Waals surface area contributed by atoms with Crippen molar-refractivity contribution in [3.05, 3.63) is 171 Å². The van der Waals surface area contributed by atoms with Crippen molar-refractivity contribution in [2.24, 2.45) is 5.92 Å². The number of hydrogen-bond acceptors (Lipinski definition) is 4. The van der Waals surface area contributed by atoms with E-state index in [2.05, 4.69) is 138 Å². The number of ether oxygens (including phenoxy) is 1. The maximum Gasteiger partial charge on any atom is 0.141 e. The molecule has 4 atom stereocenters. The molecule has 0 N–H and O–H groups in total. The Balaban J connectivity index is 1.17. The molecule has 59 heavy (non-hydrogen) atoms. The first kappa shape index (κ1) is 34.1. The zero-order valence-corrected chi connectivity index (χ0v) is 33.0. The van der Waals surface area contributed by atoms with E-state index in [-0.39, 0.29) is 23.9 Å². The Morgan fingerprint density at radius 3 is 2.49 bits per heavy atom. The maximum atomic E-state index is 11.1. The fraction of sp³-hybridized carbons (Fsp3) is 0.208. The summed E-state index contributed by atoms with van der Waals surface area (Å²) >= 11 is 0. The van der Waals surface area contributed by atoms with Crippen LogP contribution in [0.4, 0.5) is 0 Å². The minimum atomic E-state index is -0.0643. The lowest BCUT2D eigenvalue weighted by Crippen LogP contribution is -2.21. The summed E-state index contributed by atoms with van der Waals surface area (Å²) in [7, 11) is 0. The Bertz CT molecular complexity index is 3180. The molecular formula is C53H40N4O2. The Kier molecular flexibility index (Phi) is 7.35. The second kappa shape index (κ2) is 12.7. The molecule has 6 heteroatoms. The van der Waals surface area contributed by atoms with Gasteiger partial charge in [-0.25, -0.2) is 0 Å². The van der Waals surface area contributed by atoms with E-state index in [1.165, 1.54) is 27.8 Å². The molecule has 3 aromatic carbocycles. The predicted octanol–water partition coefficient (Wildman–Crippen LogP) is 12.5. The van der Waals surface area contributed by atoms with Crippen LogP contribution in [0.1, 0.15) is 84.3 Å². The van der Waals surface area contributed by atoms with E-state index in [1.807, 2.05) is 18.2 Å². The molecular weight excluding hydrogens is 725 g/mol. The molecule has 284 valence electrons. The van der Waals surface area contributed by atoms with Gasteiger partial charge in [0.25, 0.3) is 0 Å². The number of rotatable bonds is 3. The highest BCUT2D eigenvalue weighted by Crippen LogP contribution is 2.54. The monoisotopic (exact) mass is 764 g/mol. The summed E-state index contributed by atoms with van der Waals surface area (Å²) in [6.45, 7) is 4.43. The van der Waals surface area contributed by atoms with E-state index in [9.17, 15) is 10.5 Å². The minimum Gasteiger partial charge on any atom is -0.489 e. The lowest BCUT2D eigenvalue weighted by molar-refractivity contribution is 0.163. The van der Waals surface area contributed by atoms with Crippen molar-refractivity contribution in [1.29, 1.82) is 10.5 Å². The summed E-state index contributed by atoms with van der Waals surface area (Å²) < 4.78 is 18.4. The smallest absolute Gasteiger partial charge is 0.141 e. The van der Waals surface area contributed by atoms with Crippen molar-refractivity contribution in [2.75, 3.05) is 0 Å². The zero-order chi connectivity index (χ0) is 39.5. The van der Waals surface area contributed by atoms with Crippen LogP contribution in [-0.2, 0) is 17.6 Å². The van der Waals surface area contributed by atoms with Crippen molar-refractivity contribution in [3.8, 4) is 29.1 Å². The summed E-state index contributed by atoms with van der Waals surface area (Å²) in [6, 6.07) is 31.0. The number of benzene rings is 3. The van der Waals surface area contributed by atoms with Crippen LogP contribution in [0, 0.1) is 28.6 Å². The lowest BCUT2D eigenvalue weighted by Gasteiger charge is -2.28. The zero-order valence-electron chi connectivity index (χ0n) is 33.0. The van der Waals surface area contributed by atoms with Gasteiger partial charge in [-0.15, -0.1) is 0 Å². The molecule has 6 nitrogen and oxygen atoms in total. The highest BCUT2D eigenvalue weighted by atomic mass is 16.5. The van der Waals surface area contributed by atoms with Gasteiger partial charge in [0.2, 0.25) is 0 Å². The molecule has 3 aromatic heterocycles. The van der Waals surface area contributed by atoms with Crippen molar-refractivity contribution < 1.29 is 9.15 Å². The first-order chi connectivity index (χ1) is 29.0. The fourth-order valence-corrected chi connectivity index (χ4v) is 11.1. The van der Waals surface area contributed by atoms with Gasteiger partial charge < -0.3 is 18.3 Å². The van der Waals surface area contributed by atoms with Crippen molar-refractivity contribution in [2.45, 2.75) is 63.9 Å². The molecule has 0 spiro atoms. The van der Waals surface area contributed by atoms with Gasteiger partial charge >= 0.3 is 0 Å². The largest absolute Gasteiger partial charge is 0.489 e. The van der Waals surface area contributed by atoms with E-state index in [0.29, 0.717) is 18.4 Å². The van der Waals surface area contributed by atoms with Gasteiger partial charge in [-0.1, -0.05) is 98.8 Å². The molecule has 0 saturated heterocycles. The molecule has 1 aliphatic heterocycles. The molecule has 4 unspecified atom stereocenters. The SMILES string of the molecule is CC1Cc2c(c3c(n2C2=C(c4ccccc4-n4c5c(c6ccccc64)C=CC4OC6=C(C=CCC6)C54)CC=CC=C2C#N)CC(C)c2c-3oc3ccccc23)C=C1C#N. The van der Waals surface area contributed by atoms with Crippen molar-refractivity contribution in [1.82, 2.24) is 9.13 Å². The van der Waals surface area contributed by atoms with Gasteiger partial charge in [0.05, 0.1) is 34.5 Å². The molecule has 0 radical (unpaired) electrons. The highest BCUT2D eigenvalue weighted by Gasteiger charge is 2.43. The Morgan fingerprint density at radius 1 is 0.797 bits per heavy atom. The highest BCUT2D eigenvalue weighted by molar-refractivity contribution is 6.01. The molecule has 0 fully saturated rings. The predicted molar refractivity (Wildman–Crippen MR) is 234 cm³/mol. The second-order valence-corrected chi connectivity index (χ2v) is 16.8. The first-order valence-electron chi connectivity index (χ1n) is 20.9. The van der Waals surface area contributed by atoms with Crippen LogP contribution in [-0.4, -0.2) is 15.2 Å². The minimum absolute atomic E-state index is 0.0188. The van der Waals surface area contributed by atoms with E-state index >= 15 is 0 Å². The average molecular weight is 765 g/mol. The van der Waals surface area contributed by atoms with Crippen LogP contribution in [0.5, 0.6) is 0 Å². The van der Waals surface area contributed by atoms with Crippen LogP contribution >= 0.6 is 0 Å². The van der Waals surface area contributed by atoms with E-state index in [0.717, 1.165) is 97.9 Å². The van der Waals surface area contributed by atoms with E-state index < -0.39 is 0 Å². The summed E-state index contributed by atoms with van der Waals surface area (Å²) in [5.74, 6) is 2.24. The fourth-order valence-electron chi connectivity index (χ4n) is 11.1. The number of furan rings is 1. The Hall–Kier alpha value is -7.02. The maximum absolute atomic E-state index is 11.1. The number of nitriles is 2. The summed E-state index contributed by atoms with van der Waals surface area (Å²) in [5, 5.41) is 23.9. The van der Waals surface area contributed by atoms with E-state index in [1.54, 1.807) is 0 Å². The van der Waals surface area contributed by atoms with Gasteiger partial charge in [-0.3, -0.25) is 0 Å². The number of aromatic nitrogens is 2. The van der Waals surface area contributed by atoms with Crippen LogP contribution in [0.3, 0.4) is 0 Å². The summed E-state index contributed by atoms with van der Waals surface area (Å²) in [4.78, 5) is 0. The molecule has 6 aromatic rings. The van der Waals surface area contributed by atoms with Crippen LogP contribution in [0.15, 0.2) is 136 Å². The Morgan fingerprint density at radius 2 is 1.61 bits per heavy atom. The topological polar surface area (TPSA) is 79.8 Å². The van der Waals surface area contributed by atoms with Crippen LogP contribution in [0.2, 0.25) is 0 Å². The van der Waals surface area contributed by atoms with Gasteiger partial charge in [-0.2, -0.15) is 10.5 Å². The molecule has 0 saturated carbocycles. The molecule has 5 aliphatic carbocycles. The quantitative estimate of drug-likeness (QED) is 0.180. The summed E-state index contributed by atoms with van der Waals surface area (Å²) in [5.41, 5.74) is 16.9. The van der Waals surface area contributed by atoms with Crippen molar-refractivity contribution in [3.63, 3.8) is 0 Å². The van der Waals surface area contributed by atoms with Crippen LogP contribution in [0.25, 0.3) is 62.3 Å². The number of nitrogens with zero attached hydrogens (tertiary/aromatic N) is 4. The molecule has 12 rings (SSSR count). The summed E-state index contributed by atoms with van der Waals surface area (Å²) in [6.07, 6.45) is 21.3. The molecule has 0 bridgehead atoms. The normalized spacial score (nSPS) is 22.4. The third kappa shape index (κ3) is 4.72. The third-order valence-electron chi connectivity index (χ3n) is 13.6. The molecule has 6 aliphatic rings. The van der Waals surface area contributed by atoms with Gasteiger partial charge in [0.15, 0.2) is 0 Å². The lowest BCUT2D eigenvalue weighted by atomic mass is 9.82. The first-order valence-corrected chi connectivity index (χ1v) is 20.9. The number of fused-ring (bicyclic) bond motifs is 13. The van der Waals surface area contributed by atoms with E-state index in [4.69, 9.17) is 9.15 Å². The van der Waals surface area contributed by atoms with Gasteiger partial charge in [-0.05, 0) is 79.5 Å². The number of para-hydroxylation sites is 3. The average Bonchev–Trinajstić information content (AvgIpc) is 3.97. The standard InChI is InChI=1S/C53H40N4O2/c1-30-25-43-40(27-33(30)29-55)49-44(26-31(2)48-38-17-7-12-22-46(38)59-53(48)49)57(43)51-32(28-54)13-3-4-16-36(51)34-14-5-9-19-41(34)56-42-20-10-6-15-35(42)37-23-24-47-50(52(37)56)39-18-8-11-21-45(39)58-47/h3-10,12-15,17-20,22-24,27,30-31,47,50H,11,16,21,25-26H2,1-2H3.